The van der Waals surface area contributed by atoms with Gasteiger partial charge in [0.25, 0.3) is 0 Å². The quantitative estimate of drug-likeness (QED) is 0.689. The van der Waals surface area contributed by atoms with E-state index in [1.165, 1.54) is 0 Å². The first-order chi connectivity index (χ1) is 5.53. The topological polar surface area (TPSA) is 67.6 Å². The Bertz CT molecular complexity index is 256. The van der Waals surface area contributed by atoms with E-state index in [-0.39, 0.29) is 4.75 Å². The Morgan fingerprint density at radius 2 is 2.25 bits per heavy atom. The van der Waals surface area contributed by atoms with E-state index in [1.54, 1.807) is 11.8 Å². The van der Waals surface area contributed by atoms with E-state index < -0.39 is 0 Å². The molecule has 68 valence electrons. The summed E-state index contributed by atoms with van der Waals surface area (Å²) in [6, 6.07) is 0. The Hall–Kier alpha value is -0.550. The summed E-state index contributed by atoms with van der Waals surface area (Å²) in [6.07, 6.45) is 0. The smallest absolute Gasteiger partial charge is 0.208 e. The van der Waals surface area contributed by atoms with E-state index in [4.69, 9.17) is 5.73 Å². The van der Waals surface area contributed by atoms with Crippen LogP contribution in [0, 0.1) is 6.92 Å². The lowest BCUT2D eigenvalue weighted by molar-refractivity contribution is 0.718. The molecule has 4 nitrogen and oxygen atoms in total. The first-order valence-corrected chi connectivity index (χ1v) is 4.63. The normalized spacial score (nSPS) is 12.0. The molecular weight excluding hydrogens is 172 g/mol. The van der Waals surface area contributed by atoms with E-state index in [0.717, 1.165) is 11.0 Å². The Morgan fingerprint density at radius 1 is 1.58 bits per heavy atom. The number of thioether (sulfide) groups is 1. The maximum Gasteiger partial charge on any atom is 0.208 e. The van der Waals surface area contributed by atoms with Crippen LogP contribution in [0.1, 0.15) is 19.7 Å². The molecule has 0 saturated carbocycles. The van der Waals surface area contributed by atoms with Gasteiger partial charge in [-0.1, -0.05) is 11.8 Å². The van der Waals surface area contributed by atoms with Crippen LogP contribution in [0.4, 0.5) is 0 Å². The number of aryl methyl sites for hydroxylation is 1. The molecule has 0 aliphatic carbocycles. The third-order valence-corrected chi connectivity index (χ3v) is 2.52. The second-order valence-electron chi connectivity index (χ2n) is 3.27. The first-order valence-electron chi connectivity index (χ1n) is 3.81. The van der Waals surface area contributed by atoms with Gasteiger partial charge in [-0.3, -0.25) is 5.10 Å². The zero-order valence-electron chi connectivity index (χ0n) is 7.59. The molecule has 0 aromatic carbocycles. The molecule has 0 aliphatic heterocycles. The van der Waals surface area contributed by atoms with Gasteiger partial charge in [0.15, 0.2) is 0 Å². The van der Waals surface area contributed by atoms with E-state index >= 15 is 0 Å². The van der Waals surface area contributed by atoms with Crippen LogP contribution >= 0.6 is 11.8 Å². The lowest BCUT2D eigenvalue weighted by atomic mass is 10.2. The highest BCUT2D eigenvalue weighted by Gasteiger charge is 2.19. The summed E-state index contributed by atoms with van der Waals surface area (Å²) in [6.45, 7) is 6.64. The fourth-order valence-electron chi connectivity index (χ4n) is 0.657. The van der Waals surface area contributed by atoms with E-state index in [2.05, 4.69) is 29.0 Å². The molecule has 0 atom stereocenters. The van der Waals surface area contributed by atoms with Crippen LogP contribution < -0.4 is 5.73 Å². The Labute approximate surface area is 76.3 Å². The number of aromatic amines is 1. The van der Waals surface area contributed by atoms with Gasteiger partial charge >= 0.3 is 0 Å². The van der Waals surface area contributed by atoms with Crippen LogP contribution in [0.5, 0.6) is 0 Å². The summed E-state index contributed by atoms with van der Waals surface area (Å²) < 4.78 is 0.00856. The molecule has 1 aromatic heterocycles. The summed E-state index contributed by atoms with van der Waals surface area (Å²) in [5.74, 6) is 0.838. The van der Waals surface area contributed by atoms with Crippen LogP contribution in [0.15, 0.2) is 5.16 Å². The average molecular weight is 186 g/mol. The molecule has 3 N–H and O–H groups in total. The maximum atomic E-state index is 5.57. The highest BCUT2D eigenvalue weighted by Crippen LogP contribution is 2.28. The fraction of sp³-hybridized carbons (Fsp3) is 0.714. The number of hydrogen-bond acceptors (Lipinski definition) is 4. The molecule has 1 aromatic rings. The minimum atomic E-state index is 0.00856. The monoisotopic (exact) mass is 186 g/mol. The molecule has 12 heavy (non-hydrogen) atoms. The predicted octanol–water partition coefficient (Wildman–Crippen LogP) is 0.943. The van der Waals surface area contributed by atoms with Crippen molar-refractivity contribution >= 4 is 11.8 Å². The van der Waals surface area contributed by atoms with Crippen molar-refractivity contribution in [3.05, 3.63) is 5.82 Å². The Morgan fingerprint density at radius 3 is 2.67 bits per heavy atom. The van der Waals surface area contributed by atoms with Crippen molar-refractivity contribution in [3.8, 4) is 0 Å². The number of rotatable bonds is 3. The molecule has 0 fully saturated rings. The van der Waals surface area contributed by atoms with Crippen molar-refractivity contribution in [2.45, 2.75) is 30.7 Å². The first kappa shape index (κ1) is 9.54. The zero-order valence-corrected chi connectivity index (χ0v) is 8.40. The molecule has 0 unspecified atom stereocenters. The molecule has 0 bridgehead atoms. The SMILES string of the molecule is Cc1nc(SC(C)(C)CN)n[nH]1. The Balaban J connectivity index is 2.63. The van der Waals surface area contributed by atoms with Crippen molar-refractivity contribution in [3.63, 3.8) is 0 Å². The lowest BCUT2D eigenvalue weighted by Gasteiger charge is -2.18. The number of hydrogen-bond donors (Lipinski definition) is 2. The van der Waals surface area contributed by atoms with Gasteiger partial charge in [-0.15, -0.1) is 5.10 Å². The van der Waals surface area contributed by atoms with Gasteiger partial charge in [-0.05, 0) is 20.8 Å². The minimum Gasteiger partial charge on any atom is -0.329 e. The van der Waals surface area contributed by atoms with Crippen molar-refractivity contribution < 1.29 is 0 Å². The van der Waals surface area contributed by atoms with Gasteiger partial charge in [-0.2, -0.15) is 0 Å². The highest BCUT2D eigenvalue weighted by molar-refractivity contribution is 8.00. The molecule has 1 heterocycles. The van der Waals surface area contributed by atoms with Crippen molar-refractivity contribution in [1.82, 2.24) is 15.2 Å². The van der Waals surface area contributed by atoms with Crippen LogP contribution in [0.3, 0.4) is 0 Å². The largest absolute Gasteiger partial charge is 0.329 e. The van der Waals surface area contributed by atoms with Gasteiger partial charge < -0.3 is 5.73 Å². The van der Waals surface area contributed by atoms with E-state index in [1.807, 2.05) is 6.92 Å². The molecule has 0 aliphatic rings. The van der Waals surface area contributed by atoms with Crippen LogP contribution in [-0.4, -0.2) is 26.5 Å². The number of aromatic nitrogens is 3. The van der Waals surface area contributed by atoms with E-state index in [9.17, 15) is 0 Å². The second-order valence-corrected chi connectivity index (χ2v) is 4.94. The van der Waals surface area contributed by atoms with Gasteiger partial charge in [0.1, 0.15) is 5.82 Å². The number of nitrogens with zero attached hydrogens (tertiary/aromatic N) is 2. The summed E-state index contributed by atoms with van der Waals surface area (Å²) >= 11 is 1.59. The fourth-order valence-corrected chi connectivity index (χ4v) is 1.51. The van der Waals surface area contributed by atoms with Crippen LogP contribution in [0.2, 0.25) is 0 Å². The lowest BCUT2D eigenvalue weighted by Crippen LogP contribution is -2.26. The van der Waals surface area contributed by atoms with Gasteiger partial charge in [0.2, 0.25) is 5.16 Å². The van der Waals surface area contributed by atoms with Crippen molar-refractivity contribution in [2.75, 3.05) is 6.54 Å². The van der Waals surface area contributed by atoms with Gasteiger partial charge in [0, 0.05) is 11.3 Å². The summed E-state index contributed by atoms with van der Waals surface area (Å²) in [5.41, 5.74) is 5.57. The maximum absolute atomic E-state index is 5.57. The average Bonchev–Trinajstić information content (AvgIpc) is 2.35. The van der Waals surface area contributed by atoms with Crippen LogP contribution in [-0.2, 0) is 0 Å². The molecule has 0 amide bonds. The molecule has 0 spiro atoms. The van der Waals surface area contributed by atoms with Crippen molar-refractivity contribution in [1.29, 1.82) is 0 Å². The van der Waals surface area contributed by atoms with Crippen LogP contribution in [0.25, 0.3) is 0 Å². The Kier molecular flexibility index (Phi) is 2.74. The molecule has 0 radical (unpaired) electrons. The second kappa shape index (κ2) is 3.45. The summed E-state index contributed by atoms with van der Waals surface area (Å²) in [4.78, 5) is 4.18. The zero-order chi connectivity index (χ0) is 9.19. The number of nitrogens with two attached hydrogens (primary N) is 1. The summed E-state index contributed by atoms with van der Waals surface area (Å²) in [7, 11) is 0. The van der Waals surface area contributed by atoms with Gasteiger partial charge in [0.05, 0.1) is 0 Å². The van der Waals surface area contributed by atoms with Crippen molar-refractivity contribution in [2.24, 2.45) is 5.73 Å². The number of nitrogens with one attached hydrogen (secondary N) is 1. The standard InChI is InChI=1S/C7H14N4S/c1-5-9-6(11-10-5)12-7(2,3)4-8/h4,8H2,1-3H3,(H,9,10,11). The number of H-pyrrole nitrogens is 1. The molecule has 0 saturated heterocycles. The minimum absolute atomic E-state index is 0.00856. The highest BCUT2D eigenvalue weighted by atomic mass is 32.2. The summed E-state index contributed by atoms with van der Waals surface area (Å²) in [5, 5.41) is 7.58. The third kappa shape index (κ3) is 2.49. The predicted molar refractivity (Wildman–Crippen MR) is 50.1 cm³/mol. The van der Waals surface area contributed by atoms with E-state index in [0.29, 0.717) is 6.54 Å². The molecule has 1 rings (SSSR count). The van der Waals surface area contributed by atoms with Gasteiger partial charge in [-0.25, -0.2) is 4.98 Å². The molecule has 5 heteroatoms. The third-order valence-electron chi connectivity index (χ3n) is 1.44. The molecular formula is C7H14N4S.